The van der Waals surface area contributed by atoms with Crippen LogP contribution in [0.25, 0.3) is 0 Å². The van der Waals surface area contributed by atoms with E-state index in [1.807, 2.05) is 34.0 Å². The Hall–Kier alpha value is -3.06. The van der Waals surface area contributed by atoms with Crippen molar-refractivity contribution in [3.8, 4) is 0 Å². The van der Waals surface area contributed by atoms with Gasteiger partial charge in [0, 0.05) is 12.0 Å². The van der Waals surface area contributed by atoms with Gasteiger partial charge in [-0.1, -0.05) is 72.8 Å². The van der Waals surface area contributed by atoms with Crippen LogP contribution in [0.2, 0.25) is 0 Å². The summed E-state index contributed by atoms with van der Waals surface area (Å²) in [7, 11) is 0. The molecule has 0 heterocycles. The van der Waals surface area contributed by atoms with E-state index < -0.39 is 59.7 Å². The summed E-state index contributed by atoms with van der Waals surface area (Å²) in [6.45, 7) is 18.5. The largest absolute Gasteiger partial charge is 0.444 e. The van der Waals surface area contributed by atoms with Crippen molar-refractivity contribution in [2.24, 2.45) is 35.5 Å². The molecule has 0 aromatic heterocycles. The Balaban J connectivity index is 2.10. The number of fused-ring (bicyclic) bond motifs is 1. The van der Waals surface area contributed by atoms with Crippen molar-refractivity contribution in [1.29, 1.82) is 0 Å². The molecule has 0 aliphatic heterocycles. The van der Waals surface area contributed by atoms with Crippen LogP contribution in [-0.4, -0.2) is 88.8 Å². The van der Waals surface area contributed by atoms with Gasteiger partial charge in [0.15, 0.2) is 0 Å². The summed E-state index contributed by atoms with van der Waals surface area (Å²) < 4.78 is 5.35. The van der Waals surface area contributed by atoms with Gasteiger partial charge in [0.1, 0.15) is 23.7 Å². The van der Waals surface area contributed by atoms with Crippen LogP contribution in [0, 0.1) is 35.5 Å². The molecular weight excluding hydrogens is 695 g/mol. The first-order valence-electron chi connectivity index (χ1n) is 19.4. The smallest absolute Gasteiger partial charge is 0.408 e. The van der Waals surface area contributed by atoms with Crippen LogP contribution in [0.1, 0.15) is 108 Å². The lowest BCUT2D eigenvalue weighted by atomic mass is 9.91. The van der Waals surface area contributed by atoms with Crippen molar-refractivity contribution in [3.63, 3.8) is 0 Å². The Labute approximate surface area is 322 Å². The van der Waals surface area contributed by atoms with E-state index in [4.69, 9.17) is 4.74 Å². The number of amides is 5. The van der Waals surface area contributed by atoms with Gasteiger partial charge in [-0.05, 0) is 101 Å². The predicted octanol–water partition coefficient (Wildman–Crippen LogP) is 4.86. The van der Waals surface area contributed by atoms with E-state index in [-0.39, 0.29) is 42.0 Å². The van der Waals surface area contributed by atoms with Gasteiger partial charge in [-0.15, -0.1) is 0 Å². The molecular formula is C40H69N5O7S. The van der Waals surface area contributed by atoms with Crippen LogP contribution in [0.5, 0.6) is 0 Å². The molecule has 0 spiro atoms. The third-order valence-electron chi connectivity index (χ3n) is 9.60. The fourth-order valence-electron chi connectivity index (χ4n) is 6.87. The predicted molar refractivity (Wildman–Crippen MR) is 212 cm³/mol. The van der Waals surface area contributed by atoms with Crippen molar-refractivity contribution in [1.82, 2.24) is 26.6 Å². The zero-order valence-corrected chi connectivity index (χ0v) is 34.8. The molecule has 13 heteroatoms. The molecule has 2 rings (SSSR count). The second-order valence-corrected chi connectivity index (χ2v) is 18.1. The lowest BCUT2D eigenvalue weighted by molar-refractivity contribution is -0.132. The molecule has 1 saturated carbocycles. The van der Waals surface area contributed by atoms with E-state index in [2.05, 4.69) is 50.9 Å². The number of aliphatic hydroxyl groups is 1. The van der Waals surface area contributed by atoms with Gasteiger partial charge in [0.2, 0.25) is 23.6 Å². The first-order chi connectivity index (χ1) is 24.7. The minimum absolute atomic E-state index is 0.0399. The van der Waals surface area contributed by atoms with Crippen LogP contribution >= 0.6 is 11.8 Å². The second-order valence-electron chi connectivity index (χ2n) is 17.1. The normalized spacial score (nSPS) is 21.6. The fourth-order valence-corrected chi connectivity index (χ4v) is 7.34. The number of allylic oxidation sites excluding steroid dienone is 4. The van der Waals surface area contributed by atoms with Crippen LogP contribution in [-0.2, 0) is 23.9 Å². The number of rotatable bonds is 20. The third kappa shape index (κ3) is 16.5. The molecule has 53 heavy (non-hydrogen) atoms. The molecule has 302 valence electrons. The Morgan fingerprint density at radius 1 is 0.755 bits per heavy atom. The molecule has 0 radical (unpaired) electrons. The van der Waals surface area contributed by atoms with E-state index in [1.54, 1.807) is 41.5 Å². The summed E-state index contributed by atoms with van der Waals surface area (Å²) in [5, 5.41) is 26.0. The Bertz CT molecular complexity index is 1260. The standard InChI is InChI=1S/C40H69N5O7S/c1-23(2)18-31(43-36(48)30(16-17-53-11)42-38(50)34(25(5)6)45-39(51)52-40(8,9)10)33(46)20-26(7)35(47)44-32(19-24(3)4)37(49)41-29-21-27-14-12-13-15-28(27)22-29/h12-15,23-34,46H,16-22H2,1-11H3,(H,41,49)(H,42,50)(H,43,48)(H,44,47)(H,45,51)/t26-,27?,28?,29?,30+,31+,32+,33+,34+/m1/s1. The first-order valence-corrected chi connectivity index (χ1v) is 20.8. The van der Waals surface area contributed by atoms with E-state index in [9.17, 15) is 29.1 Å². The molecule has 8 atom stereocenters. The molecule has 0 bridgehead atoms. The topological polar surface area (TPSA) is 175 Å². The Morgan fingerprint density at radius 2 is 1.32 bits per heavy atom. The number of nitrogens with one attached hydrogen (secondary N) is 5. The zero-order chi connectivity index (χ0) is 40.0. The van der Waals surface area contributed by atoms with E-state index in [0.29, 0.717) is 36.9 Å². The summed E-state index contributed by atoms with van der Waals surface area (Å²) in [5.41, 5.74) is -0.748. The number of aliphatic hydroxyl groups excluding tert-OH is 1. The first kappa shape index (κ1) is 46.1. The fraction of sp³-hybridized carbons (Fsp3) is 0.775. The van der Waals surface area contributed by atoms with E-state index in [0.717, 1.165) is 12.8 Å². The summed E-state index contributed by atoms with van der Waals surface area (Å²) in [6, 6.07) is -3.23. The Morgan fingerprint density at radius 3 is 1.83 bits per heavy atom. The van der Waals surface area contributed by atoms with Gasteiger partial charge in [-0.2, -0.15) is 11.8 Å². The highest BCUT2D eigenvalue weighted by molar-refractivity contribution is 7.98. The van der Waals surface area contributed by atoms with Gasteiger partial charge in [0.25, 0.3) is 0 Å². The highest BCUT2D eigenvalue weighted by Gasteiger charge is 2.36. The third-order valence-corrected chi connectivity index (χ3v) is 10.2. The number of thioether (sulfide) groups is 1. The molecule has 12 nitrogen and oxygen atoms in total. The van der Waals surface area contributed by atoms with Crippen molar-refractivity contribution < 1.29 is 33.8 Å². The van der Waals surface area contributed by atoms with Crippen molar-refractivity contribution in [2.45, 2.75) is 150 Å². The molecule has 2 aliphatic rings. The Kier molecular flexibility index (Phi) is 18.9. The molecule has 0 saturated heterocycles. The van der Waals surface area contributed by atoms with Gasteiger partial charge < -0.3 is 36.4 Å². The van der Waals surface area contributed by atoms with Crippen LogP contribution in [0.4, 0.5) is 4.79 Å². The maximum absolute atomic E-state index is 13.8. The highest BCUT2D eigenvalue weighted by atomic mass is 32.2. The molecule has 0 aromatic carbocycles. The maximum Gasteiger partial charge on any atom is 0.408 e. The highest BCUT2D eigenvalue weighted by Crippen LogP contribution is 2.36. The second kappa shape index (κ2) is 21.7. The lowest BCUT2D eigenvalue weighted by Crippen LogP contribution is -2.58. The molecule has 5 amide bonds. The van der Waals surface area contributed by atoms with Gasteiger partial charge in [0.05, 0.1) is 12.1 Å². The minimum Gasteiger partial charge on any atom is -0.444 e. The van der Waals surface area contributed by atoms with Crippen molar-refractivity contribution in [3.05, 3.63) is 24.3 Å². The number of hydrogen-bond acceptors (Lipinski definition) is 8. The molecule has 2 aliphatic carbocycles. The van der Waals surface area contributed by atoms with Crippen LogP contribution < -0.4 is 26.6 Å². The monoisotopic (exact) mass is 763 g/mol. The number of ether oxygens (including phenoxy) is 1. The van der Waals surface area contributed by atoms with Gasteiger partial charge in [-0.3, -0.25) is 19.2 Å². The average molecular weight is 764 g/mol. The average Bonchev–Trinajstić information content (AvgIpc) is 3.45. The van der Waals surface area contributed by atoms with Crippen LogP contribution in [0.15, 0.2) is 24.3 Å². The zero-order valence-electron chi connectivity index (χ0n) is 34.0. The number of carbonyl (C=O) groups excluding carboxylic acids is 5. The molecule has 1 fully saturated rings. The van der Waals surface area contributed by atoms with Crippen molar-refractivity contribution in [2.75, 3.05) is 12.0 Å². The van der Waals surface area contributed by atoms with Crippen molar-refractivity contribution >= 4 is 41.5 Å². The van der Waals surface area contributed by atoms with Crippen LogP contribution in [0.3, 0.4) is 0 Å². The van der Waals surface area contributed by atoms with Gasteiger partial charge >= 0.3 is 6.09 Å². The summed E-state index contributed by atoms with van der Waals surface area (Å²) >= 11 is 1.53. The van der Waals surface area contributed by atoms with E-state index in [1.165, 1.54) is 11.8 Å². The maximum atomic E-state index is 13.8. The van der Waals surface area contributed by atoms with E-state index >= 15 is 0 Å². The summed E-state index contributed by atoms with van der Waals surface area (Å²) in [4.78, 5) is 66.7. The van der Waals surface area contributed by atoms with Gasteiger partial charge in [-0.25, -0.2) is 4.79 Å². The minimum atomic E-state index is -1.07. The number of hydrogen-bond donors (Lipinski definition) is 6. The number of alkyl carbamates (subject to hydrolysis) is 1. The molecule has 2 unspecified atom stereocenters. The number of carbonyl (C=O) groups is 5. The quantitative estimate of drug-likeness (QED) is 0.102. The molecule has 0 aromatic rings. The SMILES string of the molecule is CSCC[C@H](NC(=O)[C@@H](NC(=O)OC(C)(C)C)C(C)C)C(=O)N[C@@H](CC(C)C)[C@@H](O)C[C@@H](C)C(=O)N[C@@H](CC(C)C)C(=O)NC1CC2C=CC=CC2C1. The summed E-state index contributed by atoms with van der Waals surface area (Å²) in [5.74, 6) is -0.764. The molecule has 6 N–H and O–H groups in total. The summed E-state index contributed by atoms with van der Waals surface area (Å²) in [6.07, 6.45) is 11.6. The lowest BCUT2D eigenvalue weighted by Gasteiger charge is -2.31.